The molecule has 0 saturated carbocycles. The van der Waals surface area contributed by atoms with Crippen molar-refractivity contribution in [2.24, 2.45) is 0 Å². The molecular weight excluding hydrogens is 537 g/mol. The molecule has 0 spiro atoms. The van der Waals surface area contributed by atoms with E-state index in [0.717, 1.165) is 43.9 Å². The second-order valence-corrected chi connectivity index (χ2v) is 9.68. The number of ketones is 1. The first-order valence-corrected chi connectivity index (χ1v) is 13.4. The lowest BCUT2D eigenvalue weighted by molar-refractivity contribution is -0.137. The molecule has 3 aromatic rings. The lowest BCUT2D eigenvalue weighted by Crippen LogP contribution is -2.44. The van der Waals surface area contributed by atoms with Crippen LogP contribution >= 0.6 is 0 Å². The van der Waals surface area contributed by atoms with Crippen molar-refractivity contribution in [2.75, 3.05) is 46.4 Å². The van der Waals surface area contributed by atoms with Crippen LogP contribution < -0.4 is 20.1 Å². The summed E-state index contributed by atoms with van der Waals surface area (Å²) in [5, 5.41) is 5.78. The normalized spacial score (nSPS) is 14.0. The molecule has 1 fully saturated rings. The van der Waals surface area contributed by atoms with E-state index < -0.39 is 11.7 Å². The van der Waals surface area contributed by atoms with Crippen LogP contribution in [-0.4, -0.2) is 68.0 Å². The van der Waals surface area contributed by atoms with Crippen LogP contribution in [0.5, 0.6) is 17.2 Å². The number of nitrogens with zero attached hydrogens (tertiary/aromatic N) is 2. The Hall–Kier alpha value is -3.96. The Morgan fingerprint density at radius 1 is 1.02 bits per heavy atom. The van der Waals surface area contributed by atoms with E-state index in [4.69, 9.17) is 9.47 Å². The number of benzene rings is 2. The highest BCUT2D eigenvalue weighted by Gasteiger charge is 2.31. The minimum atomic E-state index is -4.51. The summed E-state index contributed by atoms with van der Waals surface area (Å²) in [6.45, 7) is 4.54. The number of hydrogen-bond donors (Lipinski definition) is 2. The molecule has 0 bridgehead atoms. The predicted molar refractivity (Wildman–Crippen MR) is 147 cm³/mol. The molecule has 1 saturated heterocycles. The van der Waals surface area contributed by atoms with Crippen LogP contribution in [0.4, 0.5) is 13.2 Å². The lowest BCUT2D eigenvalue weighted by atomic mass is 10.00. The predicted octanol–water partition coefficient (Wildman–Crippen LogP) is 4.28. The van der Waals surface area contributed by atoms with Crippen molar-refractivity contribution < 1.29 is 32.2 Å². The molecule has 2 N–H and O–H groups in total. The topological polar surface area (TPSA) is 92.8 Å². The number of halogens is 3. The van der Waals surface area contributed by atoms with Gasteiger partial charge in [-0.1, -0.05) is 12.1 Å². The molecule has 8 nitrogen and oxygen atoms in total. The van der Waals surface area contributed by atoms with Gasteiger partial charge in [-0.3, -0.25) is 19.5 Å². The summed E-state index contributed by atoms with van der Waals surface area (Å²) in [5.41, 5.74) is 0.543. The van der Waals surface area contributed by atoms with Gasteiger partial charge in [0.15, 0.2) is 0 Å². The number of piperazine rings is 1. The van der Waals surface area contributed by atoms with Crippen LogP contribution in [0.2, 0.25) is 0 Å². The quantitative estimate of drug-likeness (QED) is 0.336. The van der Waals surface area contributed by atoms with Crippen molar-refractivity contribution in [2.45, 2.75) is 25.4 Å². The van der Waals surface area contributed by atoms with Gasteiger partial charge in [0.1, 0.15) is 35.3 Å². The third kappa shape index (κ3) is 9.02. The monoisotopic (exact) mass is 570 g/mol. The van der Waals surface area contributed by atoms with Gasteiger partial charge in [0, 0.05) is 70.4 Å². The fraction of sp³-hybridized carbons (Fsp3) is 0.367. The number of carbonyl (C=O) groups excluding carboxylic acids is 2. The van der Waals surface area contributed by atoms with Gasteiger partial charge in [0.2, 0.25) is 0 Å². The molecule has 2 aromatic carbocycles. The zero-order valence-electron chi connectivity index (χ0n) is 22.8. The van der Waals surface area contributed by atoms with Crippen molar-refractivity contribution in [1.29, 1.82) is 0 Å². The van der Waals surface area contributed by atoms with E-state index in [1.807, 2.05) is 12.1 Å². The number of aromatic nitrogens is 1. The summed E-state index contributed by atoms with van der Waals surface area (Å²) in [4.78, 5) is 30.8. The number of pyridine rings is 1. The Morgan fingerprint density at radius 2 is 1.78 bits per heavy atom. The molecule has 0 atom stereocenters. The highest BCUT2D eigenvalue weighted by molar-refractivity contribution is 5.92. The Kier molecular flexibility index (Phi) is 10.3. The maximum atomic E-state index is 13.4. The number of aryl methyl sites for hydroxylation is 1. The van der Waals surface area contributed by atoms with Crippen molar-refractivity contribution in [3.63, 3.8) is 0 Å². The van der Waals surface area contributed by atoms with Gasteiger partial charge in [-0.15, -0.1) is 0 Å². The Bertz CT molecular complexity index is 1330. The van der Waals surface area contributed by atoms with E-state index in [9.17, 15) is 22.8 Å². The summed E-state index contributed by atoms with van der Waals surface area (Å²) in [6.07, 6.45) is -2.60. The van der Waals surface area contributed by atoms with E-state index >= 15 is 0 Å². The van der Waals surface area contributed by atoms with E-state index in [1.165, 1.54) is 25.4 Å². The van der Waals surface area contributed by atoms with Crippen molar-refractivity contribution in [3.8, 4) is 17.2 Å². The summed E-state index contributed by atoms with van der Waals surface area (Å²) < 4.78 is 51.8. The molecule has 4 rings (SSSR count). The molecule has 0 aliphatic carbocycles. The maximum absolute atomic E-state index is 13.4. The van der Waals surface area contributed by atoms with Crippen LogP contribution in [0, 0.1) is 0 Å². The van der Waals surface area contributed by atoms with E-state index in [-0.39, 0.29) is 35.8 Å². The second kappa shape index (κ2) is 14.1. The minimum Gasteiger partial charge on any atom is -0.492 e. The van der Waals surface area contributed by atoms with Crippen LogP contribution in [0.25, 0.3) is 0 Å². The molecule has 2 heterocycles. The van der Waals surface area contributed by atoms with Crippen molar-refractivity contribution >= 4 is 11.7 Å². The average molecular weight is 571 g/mol. The number of alkyl halides is 3. The van der Waals surface area contributed by atoms with E-state index in [2.05, 4.69) is 20.5 Å². The third-order valence-electron chi connectivity index (χ3n) is 6.69. The second-order valence-electron chi connectivity index (χ2n) is 9.68. The molecule has 11 heteroatoms. The van der Waals surface area contributed by atoms with Gasteiger partial charge >= 0.3 is 6.18 Å². The maximum Gasteiger partial charge on any atom is 0.416 e. The number of hydrogen-bond acceptors (Lipinski definition) is 7. The highest BCUT2D eigenvalue weighted by Crippen LogP contribution is 2.33. The number of amides is 1. The molecule has 1 amide bonds. The largest absolute Gasteiger partial charge is 0.492 e. The average Bonchev–Trinajstić information content (AvgIpc) is 2.97. The van der Waals surface area contributed by atoms with Crippen LogP contribution in [0.15, 0.2) is 60.8 Å². The fourth-order valence-electron chi connectivity index (χ4n) is 4.43. The SMILES string of the molecule is CNC(=O)c1cc(Oc2ccc(CCC(=O)Cc3cc(C(F)(F)F)ccc3OCCN3CCNCC3)cc2)ccn1. The third-order valence-corrected chi connectivity index (χ3v) is 6.69. The number of carbonyl (C=O) groups is 2. The Balaban J connectivity index is 1.33. The zero-order valence-corrected chi connectivity index (χ0v) is 22.8. The van der Waals surface area contributed by atoms with Gasteiger partial charge in [0.25, 0.3) is 5.91 Å². The summed E-state index contributed by atoms with van der Waals surface area (Å²) in [5.74, 6) is 0.789. The van der Waals surface area contributed by atoms with Crippen molar-refractivity contribution in [1.82, 2.24) is 20.5 Å². The van der Waals surface area contributed by atoms with Gasteiger partial charge in [-0.25, -0.2) is 0 Å². The first-order chi connectivity index (χ1) is 19.7. The highest BCUT2D eigenvalue weighted by atomic mass is 19.4. The zero-order chi connectivity index (χ0) is 29.2. The first-order valence-electron chi connectivity index (χ1n) is 13.4. The van der Waals surface area contributed by atoms with E-state index in [1.54, 1.807) is 18.2 Å². The van der Waals surface area contributed by atoms with Gasteiger partial charge < -0.3 is 20.1 Å². The Morgan fingerprint density at radius 3 is 2.49 bits per heavy atom. The molecule has 41 heavy (non-hydrogen) atoms. The summed E-state index contributed by atoms with van der Waals surface area (Å²) >= 11 is 0. The van der Waals surface area contributed by atoms with Crippen molar-refractivity contribution in [3.05, 3.63) is 83.2 Å². The molecule has 1 aromatic heterocycles. The lowest BCUT2D eigenvalue weighted by Gasteiger charge is -2.27. The molecule has 1 aliphatic heterocycles. The smallest absolute Gasteiger partial charge is 0.416 e. The van der Waals surface area contributed by atoms with Crippen LogP contribution in [0.3, 0.4) is 0 Å². The minimum absolute atomic E-state index is 0.149. The molecule has 0 unspecified atom stereocenters. The summed E-state index contributed by atoms with van der Waals surface area (Å²) in [6, 6.07) is 13.6. The number of rotatable bonds is 12. The Labute approximate surface area is 236 Å². The van der Waals surface area contributed by atoms with E-state index in [0.29, 0.717) is 36.8 Å². The molecule has 218 valence electrons. The van der Waals surface area contributed by atoms with Crippen LogP contribution in [0.1, 0.15) is 33.6 Å². The standard InChI is InChI=1S/C30H33F3N4O4/c1-34-29(39)27-20-26(10-11-36-27)41-25-7-3-21(4-8-25)2-6-24(38)19-22-18-23(30(31,32)33)5-9-28(22)40-17-16-37-14-12-35-13-15-37/h3-5,7-11,18,20,35H,2,6,12-17,19H2,1H3,(H,34,39). The van der Waals surface area contributed by atoms with Gasteiger partial charge in [0.05, 0.1) is 5.56 Å². The molecular formula is C30H33F3N4O4. The van der Waals surface area contributed by atoms with Gasteiger partial charge in [-0.2, -0.15) is 13.2 Å². The number of Topliss-reactive ketones (excluding diaryl/α,β-unsaturated/α-hetero) is 1. The number of nitrogens with one attached hydrogen (secondary N) is 2. The molecule has 0 radical (unpaired) electrons. The summed E-state index contributed by atoms with van der Waals surface area (Å²) in [7, 11) is 1.52. The molecule has 1 aliphatic rings. The first kappa shape index (κ1) is 30.0. The number of ether oxygens (including phenoxy) is 2. The van der Waals surface area contributed by atoms with Crippen LogP contribution in [-0.2, 0) is 23.8 Å². The van der Waals surface area contributed by atoms with Gasteiger partial charge in [-0.05, 0) is 48.4 Å². The fourth-order valence-corrected chi connectivity index (χ4v) is 4.43.